The normalized spacial score (nSPS) is 13.3. The van der Waals surface area contributed by atoms with E-state index in [1.807, 2.05) is 0 Å². The highest BCUT2D eigenvalue weighted by molar-refractivity contribution is 5.94. The van der Waals surface area contributed by atoms with Crippen LogP contribution in [0.25, 0.3) is 0 Å². The van der Waals surface area contributed by atoms with E-state index in [2.05, 4.69) is 10.2 Å². The first-order chi connectivity index (χ1) is 6.45. The van der Waals surface area contributed by atoms with Crippen LogP contribution in [-0.4, -0.2) is 11.7 Å². The molecule has 0 aliphatic rings. The molecule has 0 aromatic heterocycles. The molecular weight excluding hydrogens is 180 g/mol. The molecule has 0 heterocycles. The van der Waals surface area contributed by atoms with Gasteiger partial charge in [-0.1, -0.05) is 0 Å². The minimum atomic E-state index is -0.0452. The summed E-state index contributed by atoms with van der Waals surface area (Å²) in [6, 6.07) is 0. The molecule has 0 aliphatic carbocycles. The molecule has 6 nitrogen and oxygen atoms in total. The number of azo groups is 1. The summed E-state index contributed by atoms with van der Waals surface area (Å²) in [4.78, 5) is 0. The zero-order chi connectivity index (χ0) is 11.1. The molecule has 0 aliphatic heterocycles. The summed E-state index contributed by atoms with van der Waals surface area (Å²) < 4.78 is 0. The second-order valence-electron chi connectivity index (χ2n) is 2.68. The van der Waals surface area contributed by atoms with E-state index in [0.717, 1.165) is 0 Å². The minimum absolute atomic E-state index is 0.0452. The maximum atomic E-state index is 7.03. The van der Waals surface area contributed by atoms with Gasteiger partial charge in [0.15, 0.2) is 0 Å². The lowest BCUT2D eigenvalue weighted by molar-refractivity contribution is 1.19. The Labute approximate surface area is 82.4 Å². The fourth-order valence-corrected chi connectivity index (χ4v) is 0.379. The van der Waals surface area contributed by atoms with E-state index in [4.69, 9.17) is 22.3 Å². The van der Waals surface area contributed by atoms with Gasteiger partial charge in [0.05, 0.1) is 12.4 Å². The molecule has 6 N–H and O–H groups in total. The van der Waals surface area contributed by atoms with E-state index in [0.29, 0.717) is 11.1 Å². The van der Waals surface area contributed by atoms with Gasteiger partial charge in [0.2, 0.25) is 0 Å². The maximum absolute atomic E-state index is 7.03. The number of nitrogens with zero attached hydrogens (tertiary/aromatic N) is 2. The first-order valence-corrected chi connectivity index (χ1v) is 3.87. The Morgan fingerprint density at radius 1 is 0.929 bits per heavy atom. The van der Waals surface area contributed by atoms with Crippen molar-refractivity contribution in [2.24, 2.45) is 21.7 Å². The molecule has 0 unspecified atom stereocenters. The third-order valence-corrected chi connectivity index (χ3v) is 1.42. The molecule has 0 amide bonds. The van der Waals surface area contributed by atoms with Crippen molar-refractivity contribution >= 4 is 11.7 Å². The number of hydrogen-bond acceptors (Lipinski definition) is 4. The Balaban J connectivity index is 4.35. The predicted molar refractivity (Wildman–Crippen MR) is 56.2 cm³/mol. The second-order valence-corrected chi connectivity index (χ2v) is 2.68. The Morgan fingerprint density at radius 2 is 1.21 bits per heavy atom. The molecule has 14 heavy (non-hydrogen) atoms. The second kappa shape index (κ2) is 5.63. The highest BCUT2D eigenvalue weighted by atomic mass is 15.1. The Bertz CT molecular complexity index is 291. The van der Waals surface area contributed by atoms with Crippen molar-refractivity contribution in [3.8, 4) is 0 Å². The molecule has 0 atom stereocenters. The van der Waals surface area contributed by atoms with Gasteiger partial charge in [0, 0.05) is 11.1 Å². The van der Waals surface area contributed by atoms with Crippen LogP contribution in [0, 0.1) is 10.8 Å². The van der Waals surface area contributed by atoms with Gasteiger partial charge >= 0.3 is 0 Å². The summed E-state index contributed by atoms with van der Waals surface area (Å²) >= 11 is 0. The van der Waals surface area contributed by atoms with Crippen LogP contribution in [0.2, 0.25) is 0 Å². The summed E-state index contributed by atoms with van der Waals surface area (Å²) in [6.07, 6.45) is 2.73. The van der Waals surface area contributed by atoms with Crippen LogP contribution in [0.15, 0.2) is 33.8 Å². The summed E-state index contributed by atoms with van der Waals surface area (Å²) in [5, 5.41) is 21.3. The first kappa shape index (κ1) is 12.0. The quantitative estimate of drug-likeness (QED) is 0.304. The van der Waals surface area contributed by atoms with Crippen molar-refractivity contribution in [3.05, 3.63) is 23.5 Å². The molecule has 0 fully saturated rings. The van der Waals surface area contributed by atoms with E-state index in [1.54, 1.807) is 13.8 Å². The predicted octanol–water partition coefficient (Wildman–Crippen LogP) is 1.12. The van der Waals surface area contributed by atoms with Gasteiger partial charge in [-0.2, -0.15) is 10.2 Å². The minimum Gasteiger partial charge on any atom is -0.384 e. The number of nitrogens with one attached hydrogen (secondary N) is 2. The fraction of sp³-hybridized carbons (Fsp3) is 0.250. The summed E-state index contributed by atoms with van der Waals surface area (Å²) in [5.41, 5.74) is 11.4. The lowest BCUT2D eigenvalue weighted by Crippen LogP contribution is -2.10. The lowest BCUT2D eigenvalue weighted by Gasteiger charge is -1.92. The first-order valence-electron chi connectivity index (χ1n) is 3.87. The summed E-state index contributed by atoms with van der Waals surface area (Å²) in [6.45, 7) is 3.31. The zero-order valence-electron chi connectivity index (χ0n) is 8.20. The van der Waals surface area contributed by atoms with Crippen LogP contribution in [0.1, 0.15) is 13.8 Å². The molecule has 0 saturated carbocycles. The molecule has 0 spiro atoms. The summed E-state index contributed by atoms with van der Waals surface area (Å²) in [7, 11) is 0. The van der Waals surface area contributed by atoms with Crippen molar-refractivity contribution in [2.45, 2.75) is 13.8 Å². The van der Waals surface area contributed by atoms with E-state index < -0.39 is 0 Å². The number of nitrogens with two attached hydrogens (primary N) is 2. The number of hydrogen-bond donors (Lipinski definition) is 4. The molecular formula is C8H14N6. The standard InChI is InChI=1S/C8H14N6/c1-5(7(9)10)3-13-14-4-6(2)8(11)12/h3-4H,1-2H3,(H3,9,10)(H3,11,12)/b5-3+,6-4+,14-13-. The number of rotatable bonds is 4. The van der Waals surface area contributed by atoms with Gasteiger partial charge in [0.1, 0.15) is 11.7 Å². The van der Waals surface area contributed by atoms with E-state index in [9.17, 15) is 0 Å². The van der Waals surface area contributed by atoms with E-state index in [-0.39, 0.29) is 11.7 Å². The summed E-state index contributed by atoms with van der Waals surface area (Å²) in [5.74, 6) is -0.0903. The van der Waals surface area contributed by atoms with E-state index >= 15 is 0 Å². The van der Waals surface area contributed by atoms with Crippen LogP contribution in [0.5, 0.6) is 0 Å². The van der Waals surface area contributed by atoms with E-state index in [1.165, 1.54) is 12.4 Å². The van der Waals surface area contributed by atoms with Gasteiger partial charge in [-0.25, -0.2) is 0 Å². The average Bonchev–Trinajstić information content (AvgIpc) is 2.11. The highest BCUT2D eigenvalue weighted by Gasteiger charge is 1.90. The highest BCUT2D eigenvalue weighted by Crippen LogP contribution is 1.95. The molecule has 0 aromatic rings. The van der Waals surface area contributed by atoms with Crippen molar-refractivity contribution in [1.29, 1.82) is 10.8 Å². The van der Waals surface area contributed by atoms with Crippen molar-refractivity contribution in [2.75, 3.05) is 0 Å². The van der Waals surface area contributed by atoms with Gasteiger partial charge in [-0.05, 0) is 13.8 Å². The van der Waals surface area contributed by atoms with Crippen LogP contribution in [0.4, 0.5) is 0 Å². The molecule has 6 heteroatoms. The average molecular weight is 194 g/mol. The SMILES string of the molecule is C\C(=C/N=N\C=C(/C)C(=N)N)C(=N)N. The van der Waals surface area contributed by atoms with Gasteiger partial charge in [-0.15, -0.1) is 0 Å². The third kappa shape index (κ3) is 4.81. The largest absolute Gasteiger partial charge is 0.384 e. The monoisotopic (exact) mass is 194 g/mol. The van der Waals surface area contributed by atoms with Gasteiger partial charge in [-0.3, -0.25) is 10.8 Å². The molecule has 76 valence electrons. The van der Waals surface area contributed by atoms with Crippen molar-refractivity contribution in [1.82, 2.24) is 0 Å². The van der Waals surface area contributed by atoms with Crippen LogP contribution >= 0.6 is 0 Å². The van der Waals surface area contributed by atoms with Crippen LogP contribution < -0.4 is 11.5 Å². The number of amidine groups is 2. The van der Waals surface area contributed by atoms with Crippen molar-refractivity contribution in [3.63, 3.8) is 0 Å². The zero-order valence-corrected chi connectivity index (χ0v) is 8.20. The molecule has 0 saturated heterocycles. The Hall–Kier alpha value is -1.98. The van der Waals surface area contributed by atoms with Crippen LogP contribution in [0.3, 0.4) is 0 Å². The topological polar surface area (TPSA) is 124 Å². The fourth-order valence-electron chi connectivity index (χ4n) is 0.379. The van der Waals surface area contributed by atoms with Gasteiger partial charge in [0.25, 0.3) is 0 Å². The lowest BCUT2D eigenvalue weighted by atomic mass is 10.3. The van der Waals surface area contributed by atoms with Crippen LogP contribution in [-0.2, 0) is 0 Å². The third-order valence-electron chi connectivity index (χ3n) is 1.42. The van der Waals surface area contributed by atoms with Gasteiger partial charge < -0.3 is 11.5 Å². The molecule has 0 bridgehead atoms. The molecule has 0 rings (SSSR count). The maximum Gasteiger partial charge on any atom is 0.119 e. The molecule has 0 aromatic carbocycles. The Morgan fingerprint density at radius 3 is 1.43 bits per heavy atom. The Kier molecular flexibility index (Phi) is 4.83. The van der Waals surface area contributed by atoms with Crippen molar-refractivity contribution < 1.29 is 0 Å². The molecule has 0 radical (unpaired) electrons. The smallest absolute Gasteiger partial charge is 0.119 e.